The number of ether oxygens (including phenoxy) is 1. The monoisotopic (exact) mass is 169 g/mol. The van der Waals surface area contributed by atoms with Gasteiger partial charge in [0, 0.05) is 18.6 Å². The molecule has 1 saturated carbocycles. The minimum atomic E-state index is 0.425. The van der Waals surface area contributed by atoms with Crippen molar-refractivity contribution in [1.82, 2.24) is 5.32 Å². The van der Waals surface area contributed by atoms with Crippen molar-refractivity contribution in [3.8, 4) is 0 Å². The van der Waals surface area contributed by atoms with Crippen molar-refractivity contribution in [2.24, 2.45) is 11.3 Å². The fraction of sp³-hybridized carbons (Fsp3) is 1.00. The molecule has 2 aliphatic rings. The van der Waals surface area contributed by atoms with Gasteiger partial charge >= 0.3 is 0 Å². The van der Waals surface area contributed by atoms with Crippen LogP contribution in [0.1, 0.15) is 26.2 Å². The molecular formula is C10H19NO. The predicted octanol–water partition coefficient (Wildman–Crippen LogP) is 1.41. The van der Waals surface area contributed by atoms with E-state index in [0.717, 1.165) is 25.7 Å². The molecule has 0 aromatic rings. The molecule has 1 N–H and O–H groups in total. The summed E-state index contributed by atoms with van der Waals surface area (Å²) in [7, 11) is 0. The van der Waals surface area contributed by atoms with Crippen LogP contribution in [0.4, 0.5) is 0 Å². The van der Waals surface area contributed by atoms with Gasteiger partial charge in [0.15, 0.2) is 0 Å². The lowest BCUT2D eigenvalue weighted by Gasteiger charge is -2.22. The minimum Gasteiger partial charge on any atom is -0.381 e. The van der Waals surface area contributed by atoms with Gasteiger partial charge in [0.2, 0.25) is 0 Å². The molecule has 2 rings (SSSR count). The lowest BCUT2D eigenvalue weighted by atomic mass is 9.91. The predicted molar refractivity (Wildman–Crippen MR) is 49.1 cm³/mol. The number of hydrogen-bond donors (Lipinski definition) is 1. The van der Waals surface area contributed by atoms with E-state index in [4.69, 9.17) is 4.74 Å². The first kappa shape index (κ1) is 8.52. The largest absolute Gasteiger partial charge is 0.381 e. The molecule has 2 fully saturated rings. The Morgan fingerprint density at radius 2 is 2.33 bits per heavy atom. The second kappa shape index (κ2) is 3.35. The fourth-order valence-electron chi connectivity index (χ4n) is 1.75. The number of hydrogen-bond acceptors (Lipinski definition) is 2. The maximum atomic E-state index is 5.70. The normalized spacial score (nSPS) is 35.8. The summed E-state index contributed by atoms with van der Waals surface area (Å²) in [6.45, 7) is 6.59. The highest BCUT2D eigenvalue weighted by Gasteiger charge is 2.29. The van der Waals surface area contributed by atoms with Gasteiger partial charge in [-0.05, 0) is 31.7 Å². The van der Waals surface area contributed by atoms with Crippen LogP contribution in [0.2, 0.25) is 0 Å². The van der Waals surface area contributed by atoms with Gasteiger partial charge < -0.3 is 10.1 Å². The molecule has 70 valence electrons. The summed E-state index contributed by atoms with van der Waals surface area (Å²) >= 11 is 0. The number of nitrogens with one attached hydrogen (secondary N) is 1. The summed E-state index contributed by atoms with van der Waals surface area (Å²) < 4.78 is 5.70. The summed E-state index contributed by atoms with van der Waals surface area (Å²) in [5.41, 5.74) is 0.425. The summed E-state index contributed by atoms with van der Waals surface area (Å²) in [4.78, 5) is 0. The molecule has 0 spiro atoms. The van der Waals surface area contributed by atoms with Crippen molar-refractivity contribution in [2.75, 3.05) is 26.3 Å². The van der Waals surface area contributed by atoms with Crippen LogP contribution >= 0.6 is 0 Å². The van der Waals surface area contributed by atoms with E-state index in [0.29, 0.717) is 5.41 Å². The molecule has 0 amide bonds. The van der Waals surface area contributed by atoms with Gasteiger partial charge in [0.05, 0.1) is 6.61 Å². The quantitative estimate of drug-likeness (QED) is 0.687. The highest BCUT2D eigenvalue weighted by atomic mass is 16.5. The van der Waals surface area contributed by atoms with E-state index in [-0.39, 0.29) is 0 Å². The van der Waals surface area contributed by atoms with Crippen molar-refractivity contribution < 1.29 is 4.74 Å². The third-order valence-electron chi connectivity index (χ3n) is 2.96. The summed E-state index contributed by atoms with van der Waals surface area (Å²) in [6, 6.07) is 0. The molecule has 0 aromatic carbocycles. The average Bonchev–Trinajstić information content (AvgIpc) is 2.75. The highest BCUT2D eigenvalue weighted by molar-refractivity contribution is 4.83. The molecule has 0 unspecified atom stereocenters. The van der Waals surface area contributed by atoms with E-state index in [9.17, 15) is 0 Å². The molecule has 2 heteroatoms. The molecule has 1 heterocycles. The molecule has 0 radical (unpaired) electrons. The Labute approximate surface area is 74.7 Å². The van der Waals surface area contributed by atoms with Crippen LogP contribution in [-0.2, 0) is 4.74 Å². The van der Waals surface area contributed by atoms with Crippen LogP contribution in [0.15, 0.2) is 0 Å². The van der Waals surface area contributed by atoms with Crippen LogP contribution in [0, 0.1) is 11.3 Å². The first-order chi connectivity index (χ1) is 5.79. The van der Waals surface area contributed by atoms with Crippen LogP contribution in [0.25, 0.3) is 0 Å². The van der Waals surface area contributed by atoms with Gasteiger partial charge in [-0.25, -0.2) is 0 Å². The van der Waals surface area contributed by atoms with Crippen LogP contribution in [-0.4, -0.2) is 26.3 Å². The van der Waals surface area contributed by atoms with Crippen molar-refractivity contribution in [1.29, 1.82) is 0 Å². The van der Waals surface area contributed by atoms with Gasteiger partial charge in [0.25, 0.3) is 0 Å². The Kier molecular flexibility index (Phi) is 2.37. The van der Waals surface area contributed by atoms with Gasteiger partial charge in [-0.15, -0.1) is 0 Å². The van der Waals surface area contributed by atoms with Gasteiger partial charge in [-0.1, -0.05) is 6.92 Å². The van der Waals surface area contributed by atoms with E-state index < -0.39 is 0 Å². The third-order valence-corrected chi connectivity index (χ3v) is 2.96. The molecule has 1 atom stereocenters. The average molecular weight is 169 g/mol. The molecule has 1 aliphatic carbocycles. The molecule has 0 aromatic heterocycles. The zero-order valence-electron chi connectivity index (χ0n) is 7.94. The van der Waals surface area contributed by atoms with E-state index in [1.807, 2.05) is 0 Å². The third kappa shape index (κ3) is 2.20. The molecule has 0 bridgehead atoms. The van der Waals surface area contributed by atoms with Crippen molar-refractivity contribution in [3.05, 3.63) is 0 Å². The zero-order chi connectivity index (χ0) is 8.44. The molecule has 1 saturated heterocycles. The van der Waals surface area contributed by atoms with Crippen molar-refractivity contribution in [2.45, 2.75) is 26.2 Å². The van der Waals surface area contributed by atoms with E-state index in [1.54, 1.807) is 0 Å². The molecule has 2 nitrogen and oxygen atoms in total. The summed E-state index contributed by atoms with van der Waals surface area (Å²) in [6.07, 6.45) is 4.07. The molecule has 1 aliphatic heterocycles. The van der Waals surface area contributed by atoms with E-state index in [2.05, 4.69) is 12.2 Å². The summed E-state index contributed by atoms with van der Waals surface area (Å²) in [5, 5.41) is 3.39. The minimum absolute atomic E-state index is 0.425. The highest BCUT2D eigenvalue weighted by Crippen LogP contribution is 2.30. The van der Waals surface area contributed by atoms with Gasteiger partial charge in [-0.2, -0.15) is 0 Å². The van der Waals surface area contributed by atoms with E-state index in [1.165, 1.54) is 25.8 Å². The number of rotatable bonds is 4. The summed E-state index contributed by atoms with van der Waals surface area (Å²) in [5.74, 6) is 0.906. The zero-order valence-corrected chi connectivity index (χ0v) is 7.94. The Balaban J connectivity index is 1.63. The first-order valence-electron chi connectivity index (χ1n) is 5.07. The topological polar surface area (TPSA) is 21.3 Å². The second-order valence-corrected chi connectivity index (χ2v) is 4.70. The van der Waals surface area contributed by atoms with Crippen molar-refractivity contribution in [3.63, 3.8) is 0 Å². The second-order valence-electron chi connectivity index (χ2n) is 4.70. The fourth-order valence-corrected chi connectivity index (χ4v) is 1.75. The molecular weight excluding hydrogens is 150 g/mol. The smallest absolute Gasteiger partial charge is 0.0532 e. The van der Waals surface area contributed by atoms with Crippen LogP contribution in [0.3, 0.4) is 0 Å². The standard InChI is InChI=1S/C10H19NO/c1-10(4-5-11-7-10)8-12-6-9-2-3-9/h9,11H,2-8H2,1H3/t10-/m0/s1. The van der Waals surface area contributed by atoms with E-state index >= 15 is 0 Å². The Hall–Kier alpha value is -0.0800. The first-order valence-corrected chi connectivity index (χ1v) is 5.07. The van der Waals surface area contributed by atoms with Gasteiger partial charge in [-0.3, -0.25) is 0 Å². The Morgan fingerprint density at radius 3 is 2.92 bits per heavy atom. The Morgan fingerprint density at radius 1 is 1.50 bits per heavy atom. The lowest BCUT2D eigenvalue weighted by Crippen LogP contribution is -2.26. The maximum absolute atomic E-state index is 5.70. The Bertz CT molecular complexity index is 148. The SMILES string of the molecule is C[C@]1(COCC2CC2)CCNC1. The van der Waals surface area contributed by atoms with Crippen LogP contribution in [0.5, 0.6) is 0 Å². The maximum Gasteiger partial charge on any atom is 0.0532 e. The molecule has 12 heavy (non-hydrogen) atoms. The van der Waals surface area contributed by atoms with Crippen LogP contribution < -0.4 is 5.32 Å². The van der Waals surface area contributed by atoms with Gasteiger partial charge in [0.1, 0.15) is 0 Å². The lowest BCUT2D eigenvalue weighted by molar-refractivity contribution is 0.0564. The van der Waals surface area contributed by atoms with Crippen molar-refractivity contribution >= 4 is 0 Å².